The molecule has 0 heterocycles. The summed E-state index contributed by atoms with van der Waals surface area (Å²) >= 11 is 0. The molecule has 15 heavy (non-hydrogen) atoms. The van der Waals surface area contributed by atoms with E-state index in [1.807, 2.05) is 0 Å². The van der Waals surface area contributed by atoms with Crippen molar-refractivity contribution < 1.29 is 0 Å². The van der Waals surface area contributed by atoms with Gasteiger partial charge in [0.1, 0.15) is 0 Å². The maximum atomic E-state index is 3.71. The first-order valence-corrected chi connectivity index (χ1v) is 6.58. The SMILES string of the molecule is CCCNC1CCC(CC)CC1N(C)C. The lowest BCUT2D eigenvalue weighted by Gasteiger charge is -2.40. The first-order valence-electron chi connectivity index (χ1n) is 6.58. The molecule has 2 heteroatoms. The summed E-state index contributed by atoms with van der Waals surface area (Å²) in [4.78, 5) is 2.41. The van der Waals surface area contributed by atoms with E-state index >= 15 is 0 Å². The number of rotatable bonds is 5. The predicted octanol–water partition coefficient (Wildman–Crippen LogP) is 2.49. The van der Waals surface area contributed by atoms with Crippen LogP contribution in [-0.4, -0.2) is 37.6 Å². The Bertz CT molecular complexity index is 168. The van der Waals surface area contributed by atoms with Crippen LogP contribution in [0.2, 0.25) is 0 Å². The van der Waals surface area contributed by atoms with Crippen LogP contribution in [0.4, 0.5) is 0 Å². The van der Waals surface area contributed by atoms with Gasteiger partial charge in [0.2, 0.25) is 0 Å². The Hall–Kier alpha value is -0.0800. The zero-order chi connectivity index (χ0) is 11.3. The van der Waals surface area contributed by atoms with Crippen molar-refractivity contribution in [3.05, 3.63) is 0 Å². The molecule has 3 atom stereocenters. The van der Waals surface area contributed by atoms with Crippen molar-refractivity contribution in [1.82, 2.24) is 10.2 Å². The Morgan fingerprint density at radius 1 is 1.20 bits per heavy atom. The van der Waals surface area contributed by atoms with E-state index in [2.05, 4.69) is 38.2 Å². The molecule has 0 bridgehead atoms. The highest BCUT2D eigenvalue weighted by molar-refractivity contribution is 4.89. The fourth-order valence-corrected chi connectivity index (χ4v) is 2.74. The fraction of sp³-hybridized carbons (Fsp3) is 1.00. The Labute approximate surface area is 95.4 Å². The topological polar surface area (TPSA) is 15.3 Å². The molecular weight excluding hydrogens is 184 g/mol. The minimum Gasteiger partial charge on any atom is -0.312 e. The van der Waals surface area contributed by atoms with Crippen LogP contribution in [0.25, 0.3) is 0 Å². The lowest BCUT2D eigenvalue weighted by molar-refractivity contribution is 0.139. The Morgan fingerprint density at radius 2 is 1.93 bits per heavy atom. The molecule has 0 spiro atoms. The van der Waals surface area contributed by atoms with Gasteiger partial charge in [0, 0.05) is 12.1 Å². The molecule has 1 N–H and O–H groups in total. The zero-order valence-corrected chi connectivity index (χ0v) is 10.9. The second kappa shape index (κ2) is 6.49. The Balaban J connectivity index is 2.47. The quantitative estimate of drug-likeness (QED) is 0.753. The summed E-state index contributed by atoms with van der Waals surface area (Å²) in [6.07, 6.45) is 6.76. The minimum atomic E-state index is 0.725. The van der Waals surface area contributed by atoms with E-state index in [1.54, 1.807) is 0 Å². The summed E-state index contributed by atoms with van der Waals surface area (Å²) in [5.74, 6) is 0.956. The summed E-state index contributed by atoms with van der Waals surface area (Å²) in [6.45, 7) is 5.75. The molecule has 1 saturated carbocycles. The van der Waals surface area contributed by atoms with Gasteiger partial charge in [-0.3, -0.25) is 0 Å². The smallest absolute Gasteiger partial charge is 0.0245 e. The third-order valence-corrected chi connectivity index (χ3v) is 3.82. The molecule has 1 fully saturated rings. The standard InChI is InChI=1S/C13H28N2/c1-5-9-14-12-8-7-11(6-2)10-13(12)15(3)4/h11-14H,5-10H2,1-4H3. The Kier molecular flexibility index (Phi) is 5.62. The molecule has 0 amide bonds. The highest BCUT2D eigenvalue weighted by Gasteiger charge is 2.30. The monoisotopic (exact) mass is 212 g/mol. The molecule has 90 valence electrons. The van der Waals surface area contributed by atoms with E-state index in [0.29, 0.717) is 0 Å². The summed E-state index contributed by atoms with van der Waals surface area (Å²) in [7, 11) is 4.45. The number of nitrogens with one attached hydrogen (secondary N) is 1. The Morgan fingerprint density at radius 3 is 2.47 bits per heavy atom. The van der Waals surface area contributed by atoms with Gasteiger partial charge in [-0.1, -0.05) is 20.3 Å². The van der Waals surface area contributed by atoms with Gasteiger partial charge in [0.05, 0.1) is 0 Å². The van der Waals surface area contributed by atoms with Crippen LogP contribution in [0, 0.1) is 5.92 Å². The van der Waals surface area contributed by atoms with E-state index in [0.717, 1.165) is 18.0 Å². The predicted molar refractivity (Wildman–Crippen MR) is 67.2 cm³/mol. The van der Waals surface area contributed by atoms with Crippen LogP contribution >= 0.6 is 0 Å². The average Bonchev–Trinajstić information content (AvgIpc) is 2.26. The average molecular weight is 212 g/mol. The summed E-state index contributed by atoms with van der Waals surface area (Å²) in [5.41, 5.74) is 0. The van der Waals surface area contributed by atoms with Crippen LogP contribution in [0.15, 0.2) is 0 Å². The molecule has 0 aromatic rings. The highest BCUT2D eigenvalue weighted by atomic mass is 15.1. The van der Waals surface area contributed by atoms with Gasteiger partial charge in [-0.05, 0) is 52.2 Å². The second-order valence-electron chi connectivity index (χ2n) is 5.18. The molecule has 0 aromatic carbocycles. The van der Waals surface area contributed by atoms with Crippen molar-refractivity contribution in [1.29, 1.82) is 0 Å². The van der Waals surface area contributed by atoms with Gasteiger partial charge in [-0.15, -0.1) is 0 Å². The molecule has 3 unspecified atom stereocenters. The third-order valence-electron chi connectivity index (χ3n) is 3.82. The van der Waals surface area contributed by atoms with Gasteiger partial charge < -0.3 is 10.2 Å². The highest BCUT2D eigenvalue weighted by Crippen LogP contribution is 2.29. The van der Waals surface area contributed by atoms with Gasteiger partial charge in [-0.25, -0.2) is 0 Å². The zero-order valence-electron chi connectivity index (χ0n) is 10.9. The van der Waals surface area contributed by atoms with Gasteiger partial charge in [0.15, 0.2) is 0 Å². The van der Waals surface area contributed by atoms with E-state index in [-0.39, 0.29) is 0 Å². The third kappa shape index (κ3) is 3.76. The molecular formula is C13H28N2. The number of hydrogen-bond donors (Lipinski definition) is 1. The number of nitrogens with zero attached hydrogens (tertiary/aromatic N) is 1. The van der Waals surface area contributed by atoms with Crippen LogP contribution in [-0.2, 0) is 0 Å². The molecule has 0 aromatic heterocycles. The van der Waals surface area contributed by atoms with Crippen molar-refractivity contribution in [2.75, 3.05) is 20.6 Å². The number of likely N-dealkylation sites (N-methyl/N-ethyl adjacent to an activating group) is 1. The van der Waals surface area contributed by atoms with Crippen LogP contribution in [0.3, 0.4) is 0 Å². The molecule has 0 aliphatic heterocycles. The molecule has 1 aliphatic carbocycles. The largest absolute Gasteiger partial charge is 0.312 e. The van der Waals surface area contributed by atoms with Crippen molar-refractivity contribution in [2.24, 2.45) is 5.92 Å². The molecule has 2 nitrogen and oxygen atoms in total. The van der Waals surface area contributed by atoms with Crippen LogP contribution < -0.4 is 5.32 Å². The molecule has 0 radical (unpaired) electrons. The maximum absolute atomic E-state index is 3.71. The van der Waals surface area contributed by atoms with Crippen molar-refractivity contribution in [2.45, 2.75) is 58.0 Å². The van der Waals surface area contributed by atoms with E-state index < -0.39 is 0 Å². The lowest BCUT2D eigenvalue weighted by atomic mass is 9.80. The van der Waals surface area contributed by atoms with Crippen LogP contribution in [0.5, 0.6) is 0 Å². The molecule has 1 aliphatic rings. The first-order chi connectivity index (χ1) is 7.19. The first kappa shape index (κ1) is 13.0. The van der Waals surface area contributed by atoms with Crippen molar-refractivity contribution in [3.8, 4) is 0 Å². The minimum absolute atomic E-state index is 0.725. The van der Waals surface area contributed by atoms with E-state index in [1.165, 1.54) is 38.6 Å². The van der Waals surface area contributed by atoms with Gasteiger partial charge in [-0.2, -0.15) is 0 Å². The summed E-state index contributed by atoms with van der Waals surface area (Å²) in [6, 6.07) is 1.47. The van der Waals surface area contributed by atoms with E-state index in [9.17, 15) is 0 Å². The van der Waals surface area contributed by atoms with E-state index in [4.69, 9.17) is 0 Å². The normalized spacial score (nSPS) is 32.2. The van der Waals surface area contributed by atoms with Gasteiger partial charge >= 0.3 is 0 Å². The van der Waals surface area contributed by atoms with Crippen molar-refractivity contribution in [3.63, 3.8) is 0 Å². The van der Waals surface area contributed by atoms with Crippen LogP contribution in [0.1, 0.15) is 46.0 Å². The van der Waals surface area contributed by atoms with Crippen molar-refractivity contribution >= 4 is 0 Å². The fourth-order valence-electron chi connectivity index (χ4n) is 2.74. The number of hydrogen-bond acceptors (Lipinski definition) is 2. The summed E-state index contributed by atoms with van der Waals surface area (Å²) in [5, 5.41) is 3.71. The lowest BCUT2D eigenvalue weighted by Crippen LogP contribution is -2.51. The maximum Gasteiger partial charge on any atom is 0.0245 e. The summed E-state index contributed by atoms with van der Waals surface area (Å²) < 4.78 is 0. The molecule has 0 saturated heterocycles. The second-order valence-corrected chi connectivity index (χ2v) is 5.18. The molecule has 1 rings (SSSR count). The van der Waals surface area contributed by atoms with Gasteiger partial charge in [0.25, 0.3) is 0 Å².